The van der Waals surface area contributed by atoms with Crippen LogP contribution in [0.2, 0.25) is 0 Å². The zero-order valence-corrected chi connectivity index (χ0v) is 11.3. The van der Waals surface area contributed by atoms with E-state index in [-0.39, 0.29) is 6.04 Å². The van der Waals surface area contributed by atoms with Crippen molar-refractivity contribution in [1.29, 1.82) is 0 Å². The summed E-state index contributed by atoms with van der Waals surface area (Å²) in [4.78, 5) is 10.4. The third kappa shape index (κ3) is 3.21. The lowest BCUT2D eigenvalue weighted by Crippen LogP contribution is -2.35. The number of hydrogen-bond acceptors (Lipinski definition) is 7. The van der Waals surface area contributed by atoms with E-state index in [9.17, 15) is 0 Å². The zero-order valence-electron chi connectivity index (χ0n) is 11.3. The largest absolute Gasteiger partial charge is 0.490 e. The average Bonchev–Trinajstić information content (AvgIpc) is 2.38. The predicted octanol–water partition coefficient (Wildman–Crippen LogP) is 0.632. The first-order valence-corrected chi connectivity index (χ1v) is 5.76. The molecule has 0 fully saturated rings. The first kappa shape index (κ1) is 14.5. The molecule has 7 nitrogen and oxygen atoms in total. The summed E-state index contributed by atoms with van der Waals surface area (Å²) < 4.78 is 10.4. The maximum atomic E-state index is 5.41. The molecule has 18 heavy (non-hydrogen) atoms. The number of nitrogen functional groups attached to an aromatic ring is 1. The molecule has 1 aromatic rings. The number of hydrogen-bond donors (Lipinski definition) is 2. The van der Waals surface area contributed by atoms with Crippen molar-refractivity contribution in [3.05, 3.63) is 6.33 Å². The van der Waals surface area contributed by atoms with E-state index in [1.165, 1.54) is 6.33 Å². The summed E-state index contributed by atoms with van der Waals surface area (Å²) in [5, 5.41) is 0. The zero-order chi connectivity index (χ0) is 13.5. The first-order valence-electron chi connectivity index (χ1n) is 5.76. The Morgan fingerprint density at radius 1 is 1.39 bits per heavy atom. The monoisotopic (exact) mass is 255 g/mol. The Morgan fingerprint density at radius 2 is 2.11 bits per heavy atom. The van der Waals surface area contributed by atoms with Gasteiger partial charge in [0.1, 0.15) is 6.33 Å². The van der Waals surface area contributed by atoms with Gasteiger partial charge in [-0.15, -0.1) is 0 Å². The molecule has 0 bridgehead atoms. The summed E-state index contributed by atoms with van der Waals surface area (Å²) in [5.74, 6) is 7.11. The molecule has 7 heteroatoms. The number of ether oxygens (including phenoxy) is 2. The summed E-state index contributed by atoms with van der Waals surface area (Å²) in [5.41, 5.74) is 2.50. The molecule has 102 valence electrons. The van der Waals surface area contributed by atoms with E-state index < -0.39 is 0 Å². The van der Waals surface area contributed by atoms with Crippen LogP contribution in [0.5, 0.6) is 5.75 Å². The van der Waals surface area contributed by atoms with Crippen molar-refractivity contribution in [3.63, 3.8) is 0 Å². The molecule has 1 rings (SSSR count). The van der Waals surface area contributed by atoms with Crippen LogP contribution in [0.1, 0.15) is 13.8 Å². The molecule has 0 amide bonds. The summed E-state index contributed by atoms with van der Waals surface area (Å²) in [6, 6.07) is 0.259. The lowest BCUT2D eigenvalue weighted by atomic mass is 10.3. The molecule has 0 radical (unpaired) electrons. The van der Waals surface area contributed by atoms with Crippen molar-refractivity contribution >= 4 is 11.6 Å². The van der Waals surface area contributed by atoms with E-state index >= 15 is 0 Å². The highest BCUT2D eigenvalue weighted by atomic mass is 16.5. The number of rotatable bonds is 7. The Kier molecular flexibility index (Phi) is 5.60. The van der Waals surface area contributed by atoms with Crippen LogP contribution in [0.4, 0.5) is 11.6 Å². The fourth-order valence-electron chi connectivity index (χ4n) is 1.66. The maximum Gasteiger partial charge on any atom is 0.205 e. The second-order valence-corrected chi connectivity index (χ2v) is 4.00. The van der Waals surface area contributed by atoms with Gasteiger partial charge < -0.3 is 19.8 Å². The Morgan fingerprint density at radius 3 is 2.61 bits per heavy atom. The lowest BCUT2D eigenvalue weighted by Gasteiger charge is -2.29. The highest BCUT2D eigenvalue weighted by Gasteiger charge is 2.19. The van der Waals surface area contributed by atoms with Crippen molar-refractivity contribution in [2.45, 2.75) is 19.9 Å². The number of nitrogens with two attached hydrogens (primary N) is 1. The van der Waals surface area contributed by atoms with Crippen LogP contribution in [0.3, 0.4) is 0 Å². The Bertz CT molecular complexity index is 372. The van der Waals surface area contributed by atoms with Gasteiger partial charge >= 0.3 is 0 Å². The van der Waals surface area contributed by atoms with E-state index in [0.717, 1.165) is 0 Å². The second kappa shape index (κ2) is 6.97. The number of nitrogens with one attached hydrogen (secondary N) is 1. The van der Waals surface area contributed by atoms with Crippen LogP contribution in [-0.2, 0) is 4.74 Å². The minimum absolute atomic E-state index is 0.259. The number of methoxy groups -OCH3 is 2. The van der Waals surface area contributed by atoms with Gasteiger partial charge in [0.15, 0.2) is 11.6 Å². The van der Waals surface area contributed by atoms with Gasteiger partial charge in [-0.05, 0) is 13.8 Å². The van der Waals surface area contributed by atoms with E-state index in [2.05, 4.69) is 34.1 Å². The van der Waals surface area contributed by atoms with Gasteiger partial charge in [-0.3, -0.25) is 0 Å². The molecule has 0 saturated heterocycles. The smallest absolute Gasteiger partial charge is 0.205 e. The summed E-state index contributed by atoms with van der Waals surface area (Å²) in [6.07, 6.45) is 1.45. The van der Waals surface area contributed by atoms with Crippen LogP contribution in [0.15, 0.2) is 6.33 Å². The normalized spacial score (nSPS) is 10.6. The quantitative estimate of drug-likeness (QED) is 0.546. The van der Waals surface area contributed by atoms with E-state index in [1.807, 2.05) is 0 Å². The lowest BCUT2D eigenvalue weighted by molar-refractivity contribution is 0.203. The van der Waals surface area contributed by atoms with Gasteiger partial charge in [-0.25, -0.2) is 15.8 Å². The molecule has 1 heterocycles. The Labute approximate surface area is 107 Å². The van der Waals surface area contributed by atoms with Crippen LogP contribution >= 0.6 is 0 Å². The number of aromatic nitrogens is 2. The van der Waals surface area contributed by atoms with Crippen molar-refractivity contribution in [1.82, 2.24) is 9.97 Å². The van der Waals surface area contributed by atoms with Crippen LogP contribution < -0.4 is 20.9 Å². The van der Waals surface area contributed by atoms with Gasteiger partial charge in [-0.2, -0.15) is 0 Å². The van der Waals surface area contributed by atoms with Crippen molar-refractivity contribution in [2.75, 3.05) is 37.7 Å². The maximum absolute atomic E-state index is 5.41. The molecular formula is C11H21N5O2. The second-order valence-electron chi connectivity index (χ2n) is 4.00. The molecular weight excluding hydrogens is 234 g/mol. The van der Waals surface area contributed by atoms with Gasteiger partial charge in [0.25, 0.3) is 0 Å². The van der Waals surface area contributed by atoms with Crippen molar-refractivity contribution < 1.29 is 9.47 Å². The predicted molar refractivity (Wildman–Crippen MR) is 70.8 cm³/mol. The van der Waals surface area contributed by atoms with Crippen LogP contribution in [-0.4, -0.2) is 43.4 Å². The molecule has 0 saturated carbocycles. The van der Waals surface area contributed by atoms with Crippen molar-refractivity contribution in [2.24, 2.45) is 5.84 Å². The van der Waals surface area contributed by atoms with Gasteiger partial charge in [-0.1, -0.05) is 0 Å². The summed E-state index contributed by atoms with van der Waals surface area (Å²) >= 11 is 0. The number of nitrogens with zero attached hydrogens (tertiary/aromatic N) is 3. The van der Waals surface area contributed by atoms with E-state index in [1.54, 1.807) is 14.2 Å². The molecule has 0 aromatic carbocycles. The SMILES string of the molecule is COCCN(c1ncnc(NN)c1OC)C(C)C. The van der Waals surface area contributed by atoms with Gasteiger partial charge in [0, 0.05) is 19.7 Å². The van der Waals surface area contributed by atoms with Gasteiger partial charge in [0.05, 0.1) is 13.7 Å². The third-order valence-electron chi connectivity index (χ3n) is 2.56. The van der Waals surface area contributed by atoms with Gasteiger partial charge in [0.2, 0.25) is 5.75 Å². The molecule has 0 atom stereocenters. The Balaban J connectivity index is 3.10. The highest BCUT2D eigenvalue weighted by molar-refractivity contribution is 5.64. The minimum atomic E-state index is 0.259. The van der Waals surface area contributed by atoms with E-state index in [0.29, 0.717) is 30.5 Å². The molecule has 0 spiro atoms. The average molecular weight is 255 g/mol. The molecule has 0 aliphatic rings. The number of anilines is 2. The van der Waals surface area contributed by atoms with Crippen LogP contribution in [0, 0.1) is 0 Å². The highest BCUT2D eigenvalue weighted by Crippen LogP contribution is 2.32. The first-order chi connectivity index (χ1) is 8.65. The molecule has 0 unspecified atom stereocenters. The topological polar surface area (TPSA) is 85.5 Å². The molecule has 3 N–H and O–H groups in total. The van der Waals surface area contributed by atoms with E-state index in [4.69, 9.17) is 15.3 Å². The molecule has 1 aromatic heterocycles. The number of hydrazine groups is 1. The third-order valence-corrected chi connectivity index (χ3v) is 2.56. The molecule has 0 aliphatic carbocycles. The fraction of sp³-hybridized carbons (Fsp3) is 0.636. The fourth-order valence-corrected chi connectivity index (χ4v) is 1.66. The standard InChI is InChI=1S/C11H21N5O2/c1-8(2)16(5-6-17-3)11-9(18-4)10(15-12)13-7-14-11/h7-8H,5-6,12H2,1-4H3,(H,13,14,15). The van der Waals surface area contributed by atoms with Crippen LogP contribution in [0.25, 0.3) is 0 Å². The van der Waals surface area contributed by atoms with Crippen molar-refractivity contribution in [3.8, 4) is 5.75 Å². The summed E-state index contributed by atoms with van der Waals surface area (Å²) in [6.45, 7) is 5.47. The molecule has 0 aliphatic heterocycles. The summed E-state index contributed by atoms with van der Waals surface area (Å²) in [7, 11) is 3.24. The Hall–Kier alpha value is -1.60. The minimum Gasteiger partial charge on any atom is -0.490 e.